The van der Waals surface area contributed by atoms with Crippen LogP contribution in [0.15, 0.2) is 0 Å². The molecule has 3 N–H and O–H groups in total. The van der Waals surface area contributed by atoms with Crippen LogP contribution in [0.4, 0.5) is 0 Å². The summed E-state index contributed by atoms with van der Waals surface area (Å²) in [5, 5.41) is 3.57. The van der Waals surface area contributed by atoms with Crippen LogP contribution in [0, 0.1) is 5.92 Å². The summed E-state index contributed by atoms with van der Waals surface area (Å²) in [5.74, 6) is 0.993. The van der Waals surface area contributed by atoms with E-state index in [1.54, 1.807) is 0 Å². The molecule has 0 radical (unpaired) electrons. The highest BCUT2D eigenvalue weighted by Gasteiger charge is 2.34. The Hall–Kier alpha value is -0.0800. The first-order chi connectivity index (χ1) is 5.88. The van der Waals surface area contributed by atoms with Crippen molar-refractivity contribution in [2.24, 2.45) is 11.7 Å². The molecule has 0 aromatic rings. The molecule has 0 amide bonds. The molecule has 0 aromatic carbocycles. The predicted molar refractivity (Wildman–Crippen MR) is 53.1 cm³/mol. The standard InChI is InChI=1S/C10H22N2/c1-2-5-9-8-10(9)12-7-4-3-6-11/h9-10,12H,2-8,11H2,1H3. The van der Waals surface area contributed by atoms with Crippen LogP contribution in [-0.2, 0) is 0 Å². The van der Waals surface area contributed by atoms with Gasteiger partial charge >= 0.3 is 0 Å². The highest BCUT2D eigenvalue weighted by Crippen LogP contribution is 2.34. The summed E-state index contributed by atoms with van der Waals surface area (Å²) in [6.45, 7) is 4.27. The highest BCUT2D eigenvalue weighted by atomic mass is 15.0. The van der Waals surface area contributed by atoms with Crippen LogP contribution in [0.1, 0.15) is 39.0 Å². The van der Waals surface area contributed by atoms with Crippen molar-refractivity contribution in [2.45, 2.75) is 45.1 Å². The molecule has 0 saturated heterocycles. The van der Waals surface area contributed by atoms with Gasteiger partial charge in [-0.05, 0) is 44.7 Å². The van der Waals surface area contributed by atoms with Gasteiger partial charge in [-0.2, -0.15) is 0 Å². The van der Waals surface area contributed by atoms with Crippen LogP contribution >= 0.6 is 0 Å². The quantitative estimate of drug-likeness (QED) is 0.568. The Kier molecular flexibility index (Phi) is 4.62. The molecule has 0 aliphatic heterocycles. The lowest BCUT2D eigenvalue weighted by Crippen LogP contribution is -2.20. The molecule has 72 valence electrons. The lowest BCUT2D eigenvalue weighted by molar-refractivity contribution is 0.575. The largest absolute Gasteiger partial charge is 0.330 e. The third kappa shape index (κ3) is 3.55. The van der Waals surface area contributed by atoms with Gasteiger partial charge in [0.05, 0.1) is 0 Å². The second-order valence-corrected chi connectivity index (χ2v) is 3.84. The minimum absolute atomic E-state index is 0.838. The first-order valence-corrected chi connectivity index (χ1v) is 5.32. The van der Waals surface area contributed by atoms with E-state index >= 15 is 0 Å². The van der Waals surface area contributed by atoms with Gasteiger partial charge in [-0.25, -0.2) is 0 Å². The molecule has 12 heavy (non-hydrogen) atoms. The number of nitrogens with two attached hydrogens (primary N) is 1. The summed E-state index contributed by atoms with van der Waals surface area (Å²) in [5.41, 5.74) is 5.41. The van der Waals surface area contributed by atoms with Crippen LogP contribution in [0.3, 0.4) is 0 Å². The minimum atomic E-state index is 0.838. The molecule has 2 heteroatoms. The van der Waals surface area contributed by atoms with Crippen molar-refractivity contribution in [1.29, 1.82) is 0 Å². The van der Waals surface area contributed by atoms with Crippen molar-refractivity contribution < 1.29 is 0 Å². The van der Waals surface area contributed by atoms with Gasteiger partial charge in [0, 0.05) is 6.04 Å². The Bertz CT molecular complexity index is 114. The molecule has 1 saturated carbocycles. The SMILES string of the molecule is CCCC1CC1NCCCCN. The smallest absolute Gasteiger partial charge is 0.00991 e. The maximum absolute atomic E-state index is 5.41. The second-order valence-electron chi connectivity index (χ2n) is 3.84. The molecule has 0 heterocycles. The van der Waals surface area contributed by atoms with Gasteiger partial charge in [-0.1, -0.05) is 13.3 Å². The maximum atomic E-state index is 5.41. The van der Waals surface area contributed by atoms with Crippen LogP contribution < -0.4 is 11.1 Å². The van der Waals surface area contributed by atoms with Crippen molar-refractivity contribution in [3.63, 3.8) is 0 Å². The zero-order valence-corrected chi connectivity index (χ0v) is 8.18. The molecule has 2 nitrogen and oxygen atoms in total. The number of rotatable bonds is 7. The molecule has 1 aliphatic carbocycles. The van der Waals surface area contributed by atoms with Crippen LogP contribution in [0.5, 0.6) is 0 Å². The summed E-state index contributed by atoms with van der Waals surface area (Å²) >= 11 is 0. The Labute approximate surface area is 75.9 Å². The highest BCUT2D eigenvalue weighted by molar-refractivity contribution is 4.92. The van der Waals surface area contributed by atoms with E-state index < -0.39 is 0 Å². The van der Waals surface area contributed by atoms with E-state index in [0.29, 0.717) is 0 Å². The minimum Gasteiger partial charge on any atom is -0.330 e. The van der Waals surface area contributed by atoms with Crippen LogP contribution in [0.2, 0.25) is 0 Å². The van der Waals surface area contributed by atoms with Gasteiger partial charge in [0.1, 0.15) is 0 Å². The van der Waals surface area contributed by atoms with Crippen molar-refractivity contribution in [3.8, 4) is 0 Å². The molecule has 0 aromatic heterocycles. The third-order valence-electron chi connectivity index (χ3n) is 2.62. The lowest BCUT2D eigenvalue weighted by Gasteiger charge is -2.02. The summed E-state index contributed by atoms with van der Waals surface area (Å²) in [6.07, 6.45) is 6.57. The Morgan fingerprint density at radius 1 is 1.42 bits per heavy atom. The maximum Gasteiger partial charge on any atom is 0.00991 e. The van der Waals surface area contributed by atoms with E-state index in [9.17, 15) is 0 Å². The van der Waals surface area contributed by atoms with Gasteiger partial charge in [-0.3, -0.25) is 0 Å². The van der Waals surface area contributed by atoms with Gasteiger partial charge in [0.25, 0.3) is 0 Å². The number of nitrogens with one attached hydrogen (secondary N) is 1. The number of hydrogen-bond acceptors (Lipinski definition) is 2. The van der Waals surface area contributed by atoms with Gasteiger partial charge in [0.2, 0.25) is 0 Å². The van der Waals surface area contributed by atoms with E-state index in [2.05, 4.69) is 12.2 Å². The average Bonchev–Trinajstić information content (AvgIpc) is 2.79. The van der Waals surface area contributed by atoms with Gasteiger partial charge < -0.3 is 11.1 Å². The Morgan fingerprint density at radius 3 is 2.92 bits per heavy atom. The monoisotopic (exact) mass is 170 g/mol. The summed E-state index contributed by atoms with van der Waals surface area (Å²) in [4.78, 5) is 0. The molecule has 1 rings (SSSR count). The molecule has 0 spiro atoms. The predicted octanol–water partition coefficient (Wildman–Crippen LogP) is 1.50. The zero-order valence-electron chi connectivity index (χ0n) is 8.18. The zero-order chi connectivity index (χ0) is 8.81. The molecule has 0 bridgehead atoms. The normalized spacial score (nSPS) is 27.5. The van der Waals surface area contributed by atoms with E-state index in [0.717, 1.165) is 24.9 Å². The fourth-order valence-corrected chi connectivity index (χ4v) is 1.74. The third-order valence-corrected chi connectivity index (χ3v) is 2.62. The van der Waals surface area contributed by atoms with E-state index in [4.69, 9.17) is 5.73 Å². The topological polar surface area (TPSA) is 38.0 Å². The summed E-state index contributed by atoms with van der Waals surface area (Å²) in [7, 11) is 0. The fourth-order valence-electron chi connectivity index (χ4n) is 1.74. The lowest BCUT2D eigenvalue weighted by atomic mass is 10.2. The van der Waals surface area contributed by atoms with Gasteiger partial charge in [0.15, 0.2) is 0 Å². The molecule has 1 fully saturated rings. The Balaban J connectivity index is 1.83. The van der Waals surface area contributed by atoms with Crippen molar-refractivity contribution >= 4 is 0 Å². The van der Waals surface area contributed by atoms with Crippen molar-refractivity contribution in [3.05, 3.63) is 0 Å². The van der Waals surface area contributed by atoms with Crippen LogP contribution in [-0.4, -0.2) is 19.1 Å². The molecular weight excluding hydrogens is 148 g/mol. The van der Waals surface area contributed by atoms with E-state index in [-0.39, 0.29) is 0 Å². The number of hydrogen-bond donors (Lipinski definition) is 2. The first-order valence-electron chi connectivity index (χ1n) is 5.32. The molecule has 1 aliphatic rings. The first kappa shape index (κ1) is 10.0. The van der Waals surface area contributed by atoms with E-state index in [1.165, 1.54) is 32.2 Å². The molecule has 2 atom stereocenters. The Morgan fingerprint density at radius 2 is 2.25 bits per heavy atom. The average molecular weight is 170 g/mol. The molecular formula is C10H22N2. The van der Waals surface area contributed by atoms with Crippen LogP contribution in [0.25, 0.3) is 0 Å². The molecule has 2 unspecified atom stereocenters. The van der Waals surface area contributed by atoms with Gasteiger partial charge in [-0.15, -0.1) is 0 Å². The number of unbranched alkanes of at least 4 members (excludes halogenated alkanes) is 1. The summed E-state index contributed by atoms with van der Waals surface area (Å²) in [6, 6.07) is 0.850. The van der Waals surface area contributed by atoms with E-state index in [1.807, 2.05) is 0 Å². The fraction of sp³-hybridized carbons (Fsp3) is 1.00. The summed E-state index contributed by atoms with van der Waals surface area (Å²) < 4.78 is 0. The van der Waals surface area contributed by atoms with Crippen molar-refractivity contribution in [2.75, 3.05) is 13.1 Å². The van der Waals surface area contributed by atoms with Crippen molar-refractivity contribution in [1.82, 2.24) is 5.32 Å². The second kappa shape index (κ2) is 5.55.